The van der Waals surface area contributed by atoms with Crippen LogP contribution in [-0.2, 0) is 14.4 Å². The standard InChI is InChI=1S/C29H23N5O9S3/c1-12-32-33-29(46-12)45-11-14-10-44-27-21(26(40)34(27)22(14)28(41)42)31-25(39)20(13-5-3-2-4-6-13)30-24(38)16-9-43-19-8-18(36)17(35)7-15(19)23(16)37/h2-9,20-21,27,35-36H,10-11H2,1H3,(H,30,38)(H,31,39)(H,41,42)/t20?,21-,27+/m1/s1. The van der Waals surface area contributed by atoms with Crippen molar-refractivity contribution in [1.29, 1.82) is 0 Å². The Labute approximate surface area is 271 Å². The third kappa shape index (κ3) is 5.79. The topological polar surface area (TPSA) is 212 Å². The average molecular weight is 682 g/mol. The molecule has 3 amide bonds. The first-order chi connectivity index (χ1) is 22.0. The van der Waals surface area contributed by atoms with Crippen molar-refractivity contribution < 1.29 is 38.9 Å². The van der Waals surface area contributed by atoms with Crippen LogP contribution in [0.2, 0.25) is 0 Å². The van der Waals surface area contributed by atoms with Crippen molar-refractivity contribution in [3.63, 3.8) is 0 Å². The molecule has 4 aromatic rings. The van der Waals surface area contributed by atoms with Gasteiger partial charge in [0.1, 0.15) is 45.6 Å². The number of hydrogen-bond donors (Lipinski definition) is 5. The third-order valence-corrected chi connectivity index (χ3v) is 10.6. The molecule has 0 radical (unpaired) electrons. The van der Waals surface area contributed by atoms with Gasteiger partial charge in [-0.05, 0) is 24.1 Å². The van der Waals surface area contributed by atoms with E-state index in [-0.39, 0.29) is 16.7 Å². The van der Waals surface area contributed by atoms with Crippen molar-refractivity contribution >= 4 is 69.5 Å². The van der Waals surface area contributed by atoms with Crippen LogP contribution in [0.25, 0.3) is 11.0 Å². The SMILES string of the molecule is Cc1nnc(SCC2=C(C(=O)O)N3C(=O)[C@@H](NC(=O)C(NC(=O)c4coc5cc(O)c(O)cc5c4=O)c4ccccc4)[C@@H]3SC2)s1. The molecule has 14 nitrogen and oxygen atoms in total. The lowest BCUT2D eigenvalue weighted by Crippen LogP contribution is -2.71. The largest absolute Gasteiger partial charge is 0.504 e. The Kier molecular flexibility index (Phi) is 8.45. The molecule has 5 N–H and O–H groups in total. The minimum Gasteiger partial charge on any atom is -0.504 e. The molecule has 3 atom stereocenters. The summed E-state index contributed by atoms with van der Waals surface area (Å²) < 4.78 is 6.00. The van der Waals surface area contributed by atoms with Crippen LogP contribution in [0.3, 0.4) is 0 Å². The number of nitrogens with one attached hydrogen (secondary N) is 2. The van der Waals surface area contributed by atoms with Gasteiger partial charge in [0.05, 0.1) is 5.39 Å². The lowest BCUT2D eigenvalue weighted by molar-refractivity contribution is -0.151. The van der Waals surface area contributed by atoms with Gasteiger partial charge in [0.2, 0.25) is 11.3 Å². The van der Waals surface area contributed by atoms with Crippen LogP contribution in [0.5, 0.6) is 11.5 Å². The summed E-state index contributed by atoms with van der Waals surface area (Å²) in [5.74, 6) is -4.12. The lowest BCUT2D eigenvalue weighted by Gasteiger charge is -2.49. The number of benzene rings is 2. The first-order valence-electron chi connectivity index (χ1n) is 13.5. The summed E-state index contributed by atoms with van der Waals surface area (Å²) in [6, 6.07) is 7.70. The number of carbonyl (C=O) groups excluding carboxylic acids is 3. The highest BCUT2D eigenvalue weighted by Crippen LogP contribution is 2.42. The minimum absolute atomic E-state index is 0.0703. The predicted molar refractivity (Wildman–Crippen MR) is 168 cm³/mol. The molecule has 0 spiro atoms. The van der Waals surface area contributed by atoms with Gasteiger partial charge in [-0.1, -0.05) is 53.4 Å². The zero-order valence-corrected chi connectivity index (χ0v) is 26.1. The monoisotopic (exact) mass is 681 g/mol. The molecule has 46 heavy (non-hydrogen) atoms. The molecule has 0 saturated carbocycles. The van der Waals surface area contributed by atoms with Gasteiger partial charge in [0, 0.05) is 17.6 Å². The van der Waals surface area contributed by atoms with Crippen LogP contribution in [0.1, 0.15) is 27.0 Å². The number of nitrogens with zero attached hydrogens (tertiary/aromatic N) is 3. The van der Waals surface area contributed by atoms with Crippen LogP contribution in [0.4, 0.5) is 0 Å². The Bertz CT molecular complexity index is 2000. The molecule has 0 aliphatic carbocycles. The Morgan fingerprint density at radius 1 is 1.13 bits per heavy atom. The number of amides is 3. The summed E-state index contributed by atoms with van der Waals surface area (Å²) in [5.41, 5.74) is -0.601. The van der Waals surface area contributed by atoms with Crippen molar-refractivity contribution in [2.45, 2.75) is 28.7 Å². The summed E-state index contributed by atoms with van der Waals surface area (Å²) in [5, 5.41) is 42.6. The molecule has 2 aromatic carbocycles. The minimum atomic E-state index is -1.36. The van der Waals surface area contributed by atoms with Crippen molar-refractivity contribution in [1.82, 2.24) is 25.7 Å². The number of thioether (sulfide) groups is 2. The van der Waals surface area contributed by atoms with E-state index in [9.17, 15) is 39.3 Å². The number of aromatic hydroxyl groups is 2. The van der Waals surface area contributed by atoms with E-state index < -0.39 is 63.6 Å². The second kappa shape index (κ2) is 12.5. The number of carboxylic acid groups (broad SMARTS) is 1. The van der Waals surface area contributed by atoms with E-state index in [1.807, 2.05) is 6.92 Å². The summed E-state index contributed by atoms with van der Waals surface area (Å²) >= 11 is 4.01. The van der Waals surface area contributed by atoms with Gasteiger partial charge < -0.3 is 30.4 Å². The molecular formula is C29H23N5O9S3. The van der Waals surface area contributed by atoms with Gasteiger partial charge in [-0.3, -0.25) is 24.1 Å². The van der Waals surface area contributed by atoms with Gasteiger partial charge in [-0.25, -0.2) is 4.79 Å². The molecule has 4 heterocycles. The number of rotatable bonds is 9. The zero-order chi connectivity index (χ0) is 32.7. The highest BCUT2D eigenvalue weighted by Gasteiger charge is 2.54. The molecule has 1 fully saturated rings. The lowest BCUT2D eigenvalue weighted by atomic mass is 10.0. The first-order valence-corrected chi connectivity index (χ1v) is 16.3. The van der Waals surface area contributed by atoms with Crippen molar-refractivity contribution in [3.8, 4) is 11.5 Å². The van der Waals surface area contributed by atoms with Crippen LogP contribution in [0, 0.1) is 6.92 Å². The average Bonchev–Trinajstić information content (AvgIpc) is 3.46. The number of fused-ring (bicyclic) bond motifs is 2. The fourth-order valence-corrected chi connectivity index (χ4v) is 8.28. The first kappa shape index (κ1) is 31.1. The summed E-state index contributed by atoms with van der Waals surface area (Å²) in [4.78, 5) is 66.7. The fourth-order valence-electron chi connectivity index (χ4n) is 4.98. The van der Waals surface area contributed by atoms with Gasteiger partial charge >= 0.3 is 5.97 Å². The highest BCUT2D eigenvalue weighted by atomic mass is 32.2. The molecule has 1 saturated heterocycles. The maximum absolute atomic E-state index is 13.6. The number of carbonyl (C=O) groups is 4. The van der Waals surface area contributed by atoms with Crippen molar-refractivity contribution in [3.05, 3.63) is 86.4 Å². The summed E-state index contributed by atoms with van der Waals surface area (Å²) in [7, 11) is 0. The molecule has 236 valence electrons. The number of carboxylic acids is 1. The van der Waals surface area contributed by atoms with Gasteiger partial charge in [0.25, 0.3) is 11.8 Å². The quantitative estimate of drug-likeness (QED) is 0.0977. The maximum atomic E-state index is 13.6. The molecule has 17 heteroatoms. The molecule has 2 aliphatic rings. The van der Waals surface area contributed by atoms with Crippen LogP contribution in [0.15, 0.2) is 73.5 Å². The van der Waals surface area contributed by atoms with E-state index in [1.165, 1.54) is 34.9 Å². The predicted octanol–water partition coefficient (Wildman–Crippen LogP) is 2.37. The number of aliphatic carboxylic acids is 1. The number of aromatic nitrogens is 2. The van der Waals surface area contributed by atoms with E-state index in [4.69, 9.17) is 4.42 Å². The van der Waals surface area contributed by atoms with Crippen LogP contribution >= 0.6 is 34.9 Å². The van der Waals surface area contributed by atoms with Crippen LogP contribution < -0.4 is 16.1 Å². The van der Waals surface area contributed by atoms with E-state index in [2.05, 4.69) is 20.8 Å². The molecule has 1 unspecified atom stereocenters. The summed E-state index contributed by atoms with van der Waals surface area (Å²) in [6.07, 6.45) is 0.879. The molecule has 2 aromatic heterocycles. The Morgan fingerprint density at radius 2 is 1.87 bits per heavy atom. The molecule has 2 aliphatic heterocycles. The zero-order valence-electron chi connectivity index (χ0n) is 23.6. The molecule has 0 bridgehead atoms. The van der Waals surface area contributed by atoms with Gasteiger partial charge in [-0.2, -0.15) is 0 Å². The van der Waals surface area contributed by atoms with E-state index in [0.717, 1.165) is 28.3 Å². The van der Waals surface area contributed by atoms with Gasteiger partial charge in [0.15, 0.2) is 15.8 Å². The smallest absolute Gasteiger partial charge is 0.352 e. The maximum Gasteiger partial charge on any atom is 0.352 e. The van der Waals surface area contributed by atoms with Crippen LogP contribution in [-0.4, -0.2) is 77.0 Å². The van der Waals surface area contributed by atoms with Gasteiger partial charge in [-0.15, -0.1) is 22.0 Å². The normalized spacial score (nSPS) is 18.1. The van der Waals surface area contributed by atoms with E-state index in [1.54, 1.807) is 30.3 Å². The third-order valence-electron chi connectivity index (χ3n) is 7.21. The molecule has 6 rings (SSSR count). The van der Waals surface area contributed by atoms with Crippen molar-refractivity contribution in [2.24, 2.45) is 0 Å². The Morgan fingerprint density at radius 3 is 2.57 bits per heavy atom. The van der Waals surface area contributed by atoms with E-state index >= 15 is 0 Å². The number of hydrogen-bond acceptors (Lipinski definition) is 13. The second-order valence-corrected chi connectivity index (χ2v) is 13.7. The highest BCUT2D eigenvalue weighted by molar-refractivity contribution is 8.01. The summed E-state index contributed by atoms with van der Waals surface area (Å²) in [6.45, 7) is 1.81. The Balaban J connectivity index is 1.21. The molecular weight excluding hydrogens is 659 g/mol. The number of aryl methyl sites for hydroxylation is 1. The fraction of sp³-hybridized carbons (Fsp3) is 0.207. The second-order valence-electron chi connectivity index (χ2n) is 10.2. The number of phenols is 2. The Hall–Kier alpha value is -4.87. The van der Waals surface area contributed by atoms with E-state index in [0.29, 0.717) is 27.0 Å². The number of phenolic OH excluding ortho intramolecular Hbond substituents is 2. The van der Waals surface area contributed by atoms with Crippen molar-refractivity contribution in [2.75, 3.05) is 11.5 Å². The number of β-lactam (4-membered cyclic amide) rings is 1.